The third kappa shape index (κ3) is 3.78. The number of unbranched alkanes of at least 4 members (excludes halogenated alkanes) is 1. The summed E-state index contributed by atoms with van der Waals surface area (Å²) >= 11 is 0. The monoisotopic (exact) mass is 260 g/mol. The van der Waals surface area contributed by atoms with Crippen LogP contribution in [0.25, 0.3) is 5.65 Å². The van der Waals surface area contributed by atoms with Crippen molar-refractivity contribution in [1.82, 2.24) is 19.6 Å². The summed E-state index contributed by atoms with van der Waals surface area (Å²) in [6.45, 7) is 5.19. The second-order valence-corrected chi connectivity index (χ2v) is 5.26. The van der Waals surface area contributed by atoms with Gasteiger partial charge in [0.15, 0.2) is 0 Å². The molecule has 0 aliphatic heterocycles. The number of rotatable bonds is 7. The van der Waals surface area contributed by atoms with Crippen LogP contribution in [0.15, 0.2) is 24.4 Å². The molecule has 4 nitrogen and oxygen atoms in total. The van der Waals surface area contributed by atoms with E-state index in [1.807, 2.05) is 12.1 Å². The highest BCUT2D eigenvalue weighted by Gasteiger charge is 2.06. The van der Waals surface area contributed by atoms with Crippen LogP contribution in [0.5, 0.6) is 0 Å². The average Bonchev–Trinajstić information content (AvgIpc) is 2.69. The Hall–Kier alpha value is -1.39. The number of aryl methyl sites for hydroxylation is 1. The van der Waals surface area contributed by atoms with E-state index in [0.29, 0.717) is 0 Å². The molecule has 1 N–H and O–H groups in total. The summed E-state index contributed by atoms with van der Waals surface area (Å²) < 4.78 is 2.17. The highest BCUT2D eigenvalue weighted by atomic mass is 15.1. The summed E-state index contributed by atoms with van der Waals surface area (Å²) in [4.78, 5) is 6.80. The summed E-state index contributed by atoms with van der Waals surface area (Å²) in [5, 5.41) is 3.52. The minimum absolute atomic E-state index is 0.888. The Morgan fingerprint density at radius 2 is 2.11 bits per heavy atom. The van der Waals surface area contributed by atoms with Crippen molar-refractivity contribution in [2.45, 2.75) is 26.3 Å². The van der Waals surface area contributed by atoms with Crippen molar-refractivity contribution in [2.75, 3.05) is 27.2 Å². The summed E-state index contributed by atoms with van der Waals surface area (Å²) in [6.07, 6.45) is 4.54. The first-order valence-corrected chi connectivity index (χ1v) is 6.96. The molecule has 2 aromatic rings. The number of aromatic nitrogens is 2. The van der Waals surface area contributed by atoms with E-state index < -0.39 is 0 Å². The number of imidazole rings is 1. The van der Waals surface area contributed by atoms with Crippen LogP contribution in [-0.2, 0) is 6.54 Å². The molecule has 19 heavy (non-hydrogen) atoms. The molecule has 0 bridgehead atoms. The van der Waals surface area contributed by atoms with Crippen molar-refractivity contribution in [1.29, 1.82) is 0 Å². The summed E-state index contributed by atoms with van der Waals surface area (Å²) in [5.74, 6) is 0. The van der Waals surface area contributed by atoms with E-state index in [2.05, 4.69) is 52.9 Å². The molecule has 104 valence electrons. The first kappa shape index (κ1) is 14.0. The van der Waals surface area contributed by atoms with Gasteiger partial charge in [-0.25, -0.2) is 4.98 Å². The molecule has 0 aromatic carbocycles. The van der Waals surface area contributed by atoms with E-state index >= 15 is 0 Å². The maximum Gasteiger partial charge on any atom is 0.137 e. The predicted octanol–water partition coefficient (Wildman–Crippen LogP) is 2.07. The molecule has 0 atom stereocenters. The SMILES string of the molecule is Cc1nc2ccccn2c1CNCCCCN(C)C. The number of hydrogen-bond acceptors (Lipinski definition) is 3. The van der Waals surface area contributed by atoms with E-state index in [1.54, 1.807) is 0 Å². The Kier molecular flexibility index (Phi) is 4.93. The van der Waals surface area contributed by atoms with Gasteiger partial charge in [0, 0.05) is 12.7 Å². The quantitative estimate of drug-likeness (QED) is 0.774. The van der Waals surface area contributed by atoms with Crippen LogP contribution >= 0.6 is 0 Å². The van der Waals surface area contributed by atoms with Crippen molar-refractivity contribution in [2.24, 2.45) is 0 Å². The molecule has 2 aromatic heterocycles. The van der Waals surface area contributed by atoms with Gasteiger partial charge in [-0.05, 0) is 59.1 Å². The second-order valence-electron chi connectivity index (χ2n) is 5.26. The third-order valence-electron chi connectivity index (χ3n) is 3.33. The van der Waals surface area contributed by atoms with Crippen molar-refractivity contribution < 1.29 is 0 Å². The van der Waals surface area contributed by atoms with Gasteiger partial charge in [0.1, 0.15) is 5.65 Å². The molecule has 2 heterocycles. The lowest BCUT2D eigenvalue weighted by atomic mass is 10.3. The van der Waals surface area contributed by atoms with E-state index in [1.165, 1.54) is 18.5 Å². The summed E-state index contributed by atoms with van der Waals surface area (Å²) in [5.41, 5.74) is 3.42. The Morgan fingerprint density at radius 3 is 2.89 bits per heavy atom. The molecular formula is C15H24N4. The van der Waals surface area contributed by atoms with Gasteiger partial charge in [0.05, 0.1) is 11.4 Å². The maximum atomic E-state index is 4.57. The van der Waals surface area contributed by atoms with Crippen LogP contribution in [0, 0.1) is 6.92 Å². The predicted molar refractivity (Wildman–Crippen MR) is 79.4 cm³/mol. The zero-order valence-corrected chi connectivity index (χ0v) is 12.2. The summed E-state index contributed by atoms with van der Waals surface area (Å²) in [6, 6.07) is 6.13. The molecule has 0 aliphatic rings. The molecule has 0 spiro atoms. The van der Waals surface area contributed by atoms with Gasteiger partial charge in [0.2, 0.25) is 0 Å². The van der Waals surface area contributed by atoms with Gasteiger partial charge in [-0.2, -0.15) is 0 Å². The molecule has 0 saturated carbocycles. The van der Waals surface area contributed by atoms with Crippen molar-refractivity contribution >= 4 is 5.65 Å². The lowest BCUT2D eigenvalue weighted by Gasteiger charge is -2.09. The number of nitrogens with one attached hydrogen (secondary N) is 1. The second kappa shape index (κ2) is 6.68. The Labute approximate surface area is 115 Å². The van der Waals surface area contributed by atoms with Crippen molar-refractivity contribution in [3.05, 3.63) is 35.8 Å². The van der Waals surface area contributed by atoms with E-state index in [-0.39, 0.29) is 0 Å². The molecule has 0 radical (unpaired) electrons. The fourth-order valence-electron chi connectivity index (χ4n) is 2.26. The fraction of sp³-hybridized carbons (Fsp3) is 0.533. The average molecular weight is 260 g/mol. The Bertz CT molecular complexity index is 516. The Morgan fingerprint density at radius 1 is 1.26 bits per heavy atom. The van der Waals surface area contributed by atoms with Gasteiger partial charge >= 0.3 is 0 Å². The minimum Gasteiger partial charge on any atom is -0.311 e. The standard InChI is InChI=1S/C15H24N4/c1-13-14(12-16-9-5-7-10-18(2)3)19-11-6-4-8-15(19)17-13/h4,6,8,11,16H,5,7,9-10,12H2,1-3H3. The van der Waals surface area contributed by atoms with Gasteiger partial charge in [-0.1, -0.05) is 6.07 Å². The van der Waals surface area contributed by atoms with Crippen molar-refractivity contribution in [3.63, 3.8) is 0 Å². The topological polar surface area (TPSA) is 32.6 Å². The maximum absolute atomic E-state index is 4.57. The van der Waals surface area contributed by atoms with E-state index in [9.17, 15) is 0 Å². The highest BCUT2D eigenvalue weighted by Crippen LogP contribution is 2.11. The zero-order valence-electron chi connectivity index (χ0n) is 12.2. The van der Waals surface area contributed by atoms with Gasteiger partial charge in [-0.3, -0.25) is 0 Å². The number of nitrogens with zero attached hydrogens (tertiary/aromatic N) is 3. The first-order valence-electron chi connectivity index (χ1n) is 6.96. The van der Waals surface area contributed by atoms with Gasteiger partial charge in [0.25, 0.3) is 0 Å². The van der Waals surface area contributed by atoms with Crippen LogP contribution in [0.1, 0.15) is 24.2 Å². The molecule has 0 unspecified atom stereocenters. The minimum atomic E-state index is 0.888. The molecule has 0 fully saturated rings. The molecule has 0 saturated heterocycles. The third-order valence-corrected chi connectivity index (χ3v) is 3.33. The molecule has 0 amide bonds. The first-order chi connectivity index (χ1) is 9.18. The van der Waals surface area contributed by atoms with E-state index in [4.69, 9.17) is 0 Å². The van der Waals surface area contributed by atoms with Gasteiger partial charge in [-0.15, -0.1) is 0 Å². The molecular weight excluding hydrogens is 236 g/mol. The highest BCUT2D eigenvalue weighted by molar-refractivity contribution is 5.42. The normalized spacial score (nSPS) is 11.6. The zero-order chi connectivity index (χ0) is 13.7. The van der Waals surface area contributed by atoms with Crippen LogP contribution in [-0.4, -0.2) is 41.5 Å². The van der Waals surface area contributed by atoms with Crippen LogP contribution < -0.4 is 5.32 Å². The van der Waals surface area contributed by atoms with Crippen LogP contribution in [0.2, 0.25) is 0 Å². The van der Waals surface area contributed by atoms with Crippen LogP contribution in [0.3, 0.4) is 0 Å². The van der Waals surface area contributed by atoms with Gasteiger partial charge < -0.3 is 14.6 Å². The number of fused-ring (bicyclic) bond motifs is 1. The molecule has 4 heteroatoms. The van der Waals surface area contributed by atoms with E-state index in [0.717, 1.165) is 31.0 Å². The smallest absolute Gasteiger partial charge is 0.137 e. The largest absolute Gasteiger partial charge is 0.311 e. The fourth-order valence-corrected chi connectivity index (χ4v) is 2.26. The van der Waals surface area contributed by atoms with Crippen LogP contribution in [0.4, 0.5) is 0 Å². The number of pyridine rings is 1. The Balaban J connectivity index is 1.83. The van der Waals surface area contributed by atoms with Crippen molar-refractivity contribution in [3.8, 4) is 0 Å². The number of hydrogen-bond donors (Lipinski definition) is 1. The molecule has 0 aliphatic carbocycles. The molecule has 2 rings (SSSR count). The lowest BCUT2D eigenvalue weighted by molar-refractivity contribution is 0.391. The lowest BCUT2D eigenvalue weighted by Crippen LogP contribution is -2.19. The summed E-state index contributed by atoms with van der Waals surface area (Å²) in [7, 11) is 4.24.